The summed E-state index contributed by atoms with van der Waals surface area (Å²) in [6, 6.07) is 8.09. The highest BCUT2D eigenvalue weighted by Crippen LogP contribution is 2.29. The zero-order valence-electron chi connectivity index (χ0n) is 18.2. The first kappa shape index (κ1) is 24.8. The molecule has 0 saturated carbocycles. The van der Waals surface area contributed by atoms with Crippen molar-refractivity contribution in [2.75, 3.05) is 25.5 Å². The Balaban J connectivity index is 1.71. The van der Waals surface area contributed by atoms with Crippen molar-refractivity contribution >= 4 is 39.2 Å². The Morgan fingerprint density at radius 2 is 1.82 bits per heavy atom. The maximum Gasteiger partial charge on any atom is 0.342 e. The molecule has 1 aliphatic rings. The van der Waals surface area contributed by atoms with E-state index in [-0.39, 0.29) is 26.9 Å². The Bertz CT molecular complexity index is 1150. The zero-order valence-corrected chi connectivity index (χ0v) is 19.8. The largest absolute Gasteiger partial charge is 0.507 e. The fourth-order valence-electron chi connectivity index (χ4n) is 3.34. The molecule has 178 valence electrons. The molecule has 33 heavy (non-hydrogen) atoms. The van der Waals surface area contributed by atoms with Gasteiger partial charge in [-0.2, -0.15) is 4.31 Å². The summed E-state index contributed by atoms with van der Waals surface area (Å²) in [4.78, 5) is 24.9. The van der Waals surface area contributed by atoms with Crippen LogP contribution in [0, 0.1) is 0 Å². The van der Waals surface area contributed by atoms with Gasteiger partial charge in [-0.3, -0.25) is 4.79 Å². The minimum atomic E-state index is -3.72. The molecule has 0 bridgehead atoms. The van der Waals surface area contributed by atoms with Gasteiger partial charge in [-0.05, 0) is 50.1 Å². The molecular weight excluding hydrogens is 472 g/mol. The second kappa shape index (κ2) is 10.4. The number of hydrogen-bond acceptors (Lipinski definition) is 7. The van der Waals surface area contributed by atoms with Gasteiger partial charge in [0.15, 0.2) is 6.10 Å². The van der Waals surface area contributed by atoms with Gasteiger partial charge in [-0.15, -0.1) is 0 Å². The number of ether oxygens (including phenoxy) is 2. The number of benzene rings is 2. The van der Waals surface area contributed by atoms with E-state index in [1.54, 1.807) is 0 Å². The summed E-state index contributed by atoms with van der Waals surface area (Å²) in [5.41, 5.74) is -0.0574. The van der Waals surface area contributed by atoms with Gasteiger partial charge in [0.1, 0.15) is 17.1 Å². The molecule has 0 aliphatic carbocycles. The third-order valence-corrected chi connectivity index (χ3v) is 7.45. The van der Waals surface area contributed by atoms with Crippen molar-refractivity contribution in [1.82, 2.24) is 4.31 Å². The number of amides is 1. The molecule has 1 heterocycles. The van der Waals surface area contributed by atoms with Gasteiger partial charge in [0, 0.05) is 19.2 Å². The normalized spacial score (nSPS) is 15.5. The number of piperidine rings is 1. The molecule has 1 fully saturated rings. The van der Waals surface area contributed by atoms with Crippen molar-refractivity contribution in [2.45, 2.75) is 37.2 Å². The highest BCUT2D eigenvalue weighted by molar-refractivity contribution is 7.89. The van der Waals surface area contributed by atoms with Crippen molar-refractivity contribution in [1.29, 1.82) is 0 Å². The minimum Gasteiger partial charge on any atom is -0.507 e. The summed E-state index contributed by atoms with van der Waals surface area (Å²) in [5, 5.41) is 12.6. The minimum absolute atomic E-state index is 0.0110. The number of phenolic OH excluding ortho intramolecular Hbond substituents is 1. The summed E-state index contributed by atoms with van der Waals surface area (Å²) in [7, 11) is -2.31. The maximum atomic E-state index is 12.9. The van der Waals surface area contributed by atoms with E-state index in [0.29, 0.717) is 18.8 Å². The van der Waals surface area contributed by atoms with Crippen LogP contribution in [0.15, 0.2) is 41.3 Å². The van der Waals surface area contributed by atoms with Crippen LogP contribution in [0.3, 0.4) is 0 Å². The van der Waals surface area contributed by atoms with Gasteiger partial charge in [0.05, 0.1) is 22.7 Å². The number of carbonyl (C=O) groups is 2. The number of aromatic hydroxyl groups is 1. The molecule has 1 amide bonds. The number of methoxy groups -OCH3 is 1. The van der Waals surface area contributed by atoms with Crippen LogP contribution in [0.5, 0.6) is 11.5 Å². The molecule has 2 aromatic carbocycles. The number of anilines is 1. The molecule has 2 aromatic rings. The number of halogens is 1. The Hall–Kier alpha value is -2.82. The van der Waals surface area contributed by atoms with E-state index in [0.717, 1.165) is 19.3 Å². The fourth-order valence-corrected chi connectivity index (χ4v) is 5.05. The van der Waals surface area contributed by atoms with Gasteiger partial charge >= 0.3 is 5.97 Å². The number of sulfonamides is 1. The van der Waals surface area contributed by atoms with Crippen LogP contribution in [0.4, 0.5) is 5.69 Å². The first-order valence-corrected chi connectivity index (χ1v) is 12.1. The SMILES string of the molecule is COc1ccc(C(=O)OC(C)C(=O)Nc2cc(S(=O)(=O)N3CCCCC3)ccc2Cl)c(O)c1. The maximum absolute atomic E-state index is 12.9. The summed E-state index contributed by atoms with van der Waals surface area (Å²) in [5.74, 6) is -1.63. The van der Waals surface area contributed by atoms with Gasteiger partial charge in [0.2, 0.25) is 10.0 Å². The van der Waals surface area contributed by atoms with E-state index in [2.05, 4.69) is 5.32 Å². The van der Waals surface area contributed by atoms with Crippen LogP contribution in [-0.2, 0) is 19.6 Å². The van der Waals surface area contributed by atoms with E-state index in [9.17, 15) is 23.1 Å². The van der Waals surface area contributed by atoms with Gasteiger partial charge in [-0.25, -0.2) is 13.2 Å². The lowest BCUT2D eigenvalue weighted by atomic mass is 10.2. The van der Waals surface area contributed by atoms with Crippen molar-refractivity contribution in [3.05, 3.63) is 47.0 Å². The summed E-state index contributed by atoms with van der Waals surface area (Å²) in [6.07, 6.45) is 1.32. The van der Waals surface area contributed by atoms with Crippen LogP contribution < -0.4 is 10.1 Å². The average molecular weight is 497 g/mol. The van der Waals surface area contributed by atoms with Crippen molar-refractivity contribution in [3.8, 4) is 11.5 Å². The lowest BCUT2D eigenvalue weighted by Gasteiger charge is -2.26. The summed E-state index contributed by atoms with van der Waals surface area (Å²) in [6.45, 7) is 2.23. The van der Waals surface area contributed by atoms with E-state index >= 15 is 0 Å². The smallest absolute Gasteiger partial charge is 0.342 e. The third kappa shape index (κ3) is 5.76. The summed E-state index contributed by atoms with van der Waals surface area (Å²) >= 11 is 6.16. The van der Waals surface area contributed by atoms with E-state index in [1.165, 1.54) is 54.7 Å². The molecule has 1 unspecified atom stereocenters. The van der Waals surface area contributed by atoms with Crippen LogP contribution >= 0.6 is 11.6 Å². The molecule has 3 rings (SSSR count). The Morgan fingerprint density at radius 1 is 1.12 bits per heavy atom. The fraction of sp³-hybridized carbons (Fsp3) is 0.364. The Labute approximate surface area is 197 Å². The number of nitrogens with zero attached hydrogens (tertiary/aromatic N) is 1. The average Bonchev–Trinajstić information content (AvgIpc) is 2.80. The first-order chi connectivity index (χ1) is 15.6. The Kier molecular flexibility index (Phi) is 7.83. The van der Waals surface area contributed by atoms with Crippen LogP contribution in [0.2, 0.25) is 5.02 Å². The van der Waals surface area contributed by atoms with E-state index < -0.39 is 28.0 Å². The first-order valence-electron chi connectivity index (χ1n) is 10.3. The van der Waals surface area contributed by atoms with Gasteiger partial charge < -0.3 is 19.9 Å². The molecule has 11 heteroatoms. The number of carbonyl (C=O) groups excluding carboxylic acids is 2. The molecule has 0 spiro atoms. The molecule has 1 atom stereocenters. The number of rotatable bonds is 7. The van der Waals surface area contributed by atoms with E-state index in [4.69, 9.17) is 21.1 Å². The monoisotopic (exact) mass is 496 g/mol. The molecule has 9 nitrogen and oxygen atoms in total. The number of nitrogens with one attached hydrogen (secondary N) is 1. The number of phenols is 1. The third-order valence-electron chi connectivity index (χ3n) is 5.23. The van der Waals surface area contributed by atoms with Crippen LogP contribution in [-0.4, -0.2) is 56.0 Å². The lowest BCUT2D eigenvalue weighted by molar-refractivity contribution is -0.123. The standard InChI is InChI=1S/C22H25ClN2O7S/c1-14(32-22(28)17-8-6-15(31-2)12-20(17)26)21(27)24-19-13-16(7-9-18(19)23)33(29,30)25-10-4-3-5-11-25/h6-9,12-14,26H,3-5,10-11H2,1-2H3,(H,24,27). The highest BCUT2D eigenvalue weighted by atomic mass is 35.5. The highest BCUT2D eigenvalue weighted by Gasteiger charge is 2.27. The topological polar surface area (TPSA) is 122 Å². The van der Waals surface area contributed by atoms with Gasteiger partial charge in [0.25, 0.3) is 5.91 Å². The second-order valence-corrected chi connectivity index (χ2v) is 9.87. The molecule has 1 aliphatic heterocycles. The molecule has 0 radical (unpaired) electrons. The van der Waals surface area contributed by atoms with Gasteiger partial charge in [-0.1, -0.05) is 18.0 Å². The molecule has 1 saturated heterocycles. The zero-order chi connectivity index (χ0) is 24.2. The van der Waals surface area contributed by atoms with Crippen molar-refractivity contribution in [3.63, 3.8) is 0 Å². The lowest BCUT2D eigenvalue weighted by Crippen LogP contribution is -2.35. The summed E-state index contributed by atoms with van der Waals surface area (Å²) < 4.78 is 37.4. The Morgan fingerprint density at radius 3 is 2.45 bits per heavy atom. The van der Waals surface area contributed by atoms with Crippen molar-refractivity contribution < 1.29 is 32.6 Å². The molecule has 2 N–H and O–H groups in total. The van der Waals surface area contributed by atoms with Crippen LogP contribution in [0.1, 0.15) is 36.5 Å². The number of esters is 1. The van der Waals surface area contributed by atoms with E-state index in [1.807, 2.05) is 0 Å². The van der Waals surface area contributed by atoms with Crippen LogP contribution in [0.25, 0.3) is 0 Å². The van der Waals surface area contributed by atoms with Crippen molar-refractivity contribution in [2.24, 2.45) is 0 Å². The molecule has 0 aromatic heterocycles. The quantitative estimate of drug-likeness (QED) is 0.563. The number of hydrogen-bond donors (Lipinski definition) is 2. The molecular formula is C22H25ClN2O7S. The predicted molar refractivity (Wildman–Crippen MR) is 122 cm³/mol. The predicted octanol–water partition coefficient (Wildman–Crippen LogP) is 3.41. The second-order valence-electron chi connectivity index (χ2n) is 7.53.